The smallest absolute Gasteiger partial charge is 0.377 e. The summed E-state index contributed by atoms with van der Waals surface area (Å²) in [6.07, 6.45) is 0. The molecule has 762 valence electrons. The zero-order valence-electron chi connectivity index (χ0n) is 83.4. The van der Waals surface area contributed by atoms with E-state index in [0.29, 0.717) is 309 Å². The van der Waals surface area contributed by atoms with Gasteiger partial charge in [0.25, 0.3) is 0 Å². The van der Waals surface area contributed by atoms with Crippen LogP contribution in [-0.4, -0.2) is 336 Å². The second kappa shape index (κ2) is 59.4. The topological polar surface area (TPSA) is 279 Å². The Morgan fingerprint density at radius 3 is 0.428 bits per heavy atom. The number of hydrogen-bond donors (Lipinski definition) is 0. The average Bonchev–Trinajstić information content (AvgIpc) is 1.58. The van der Waals surface area contributed by atoms with E-state index in [0.717, 1.165) is 44.5 Å². The van der Waals surface area contributed by atoms with Gasteiger partial charge in [0.15, 0.2) is 0 Å². The SMILES string of the molecule is [Mg+2].c1ccc(CN2CCOCCOCCOCCOCCN(Cc3ccccc3)C3=C2c2nc3nc3[n-]c(nc4nc(nc5[n-]c(n2)c2c5N(Cc5ccccc5)CCOCCOCCOCCOCCN2Cc2ccccc2)C2=C4N(Cc4ccccc4)CCOCCOCCOCCOCCN2Cc2ccccc2)c2c3N(Cc3ccccc3)CCOCCOCCOCCOCCN2Cc2ccccc2)cc1. The summed E-state index contributed by atoms with van der Waals surface area (Å²) < 4.78 is 104. The van der Waals surface area contributed by atoms with E-state index >= 15 is 0 Å². The molecule has 6 aliphatic heterocycles. The molecule has 6 aliphatic rings. The molecule has 8 bridgehead atoms. The van der Waals surface area contributed by atoms with Gasteiger partial charge in [-0.25, -0.2) is 9.97 Å². The standard InChI is InChI=1S/C112H136N16O16.Mg/c1-9-25-89(26-10-1)81-121-41-49-129-57-65-137-73-74-138-66-58-130-50-42-122(82-90-27-11-2-12-28-90)98-97(121)105-113-106(98)118-108-101-102(126(86-94-35-19-6-20-36-94)46-54-134-62-70-142-78-77-141-69-61-133-53-45-125(101)85-93-33-17-5-18-34-93)110(115-108)120-112-104-103(127(87-95-37-21-7-22-38-95)47-55-135-63-71-143-79-80-144-72-64-136-56-48-128(104)88-96-39-23-8-24-40-96)111(116-112)119-109-100-99(107(114-109)117-105)123(83-91-29-13-3-14-30-91)43-51-131-59-67-139-75-76-140-68-60-132-52-44-124(100)84-92-31-15-4-16-32-92;/h1-40H,41-88H2;/q-2;+2. The van der Waals surface area contributed by atoms with Crippen LogP contribution in [0.15, 0.2) is 243 Å². The van der Waals surface area contributed by atoms with Crippen molar-refractivity contribution < 1.29 is 75.8 Å². The average molecular weight is 1990 g/mol. The first-order valence-electron chi connectivity index (χ1n) is 50.8. The Hall–Kier alpha value is -11.4. The summed E-state index contributed by atoms with van der Waals surface area (Å²) in [6.45, 7) is 15.7. The molecule has 0 N–H and O–H groups in total. The van der Waals surface area contributed by atoms with Gasteiger partial charge in [-0.2, -0.15) is 0 Å². The van der Waals surface area contributed by atoms with Crippen LogP contribution in [-0.2, 0) is 128 Å². The summed E-state index contributed by atoms with van der Waals surface area (Å²) in [6, 6.07) is 84.2. The molecule has 3 aromatic heterocycles. The van der Waals surface area contributed by atoms with E-state index in [9.17, 15) is 0 Å². The summed E-state index contributed by atoms with van der Waals surface area (Å²) in [7, 11) is 0. The van der Waals surface area contributed by atoms with Gasteiger partial charge in [0.05, 0.1) is 257 Å². The van der Waals surface area contributed by atoms with Crippen molar-refractivity contribution in [3.05, 3.63) is 310 Å². The van der Waals surface area contributed by atoms with Crippen molar-refractivity contribution in [1.29, 1.82) is 0 Å². The van der Waals surface area contributed by atoms with E-state index in [1.54, 1.807) is 0 Å². The molecule has 0 radical (unpaired) electrons. The second-order valence-corrected chi connectivity index (χ2v) is 35.3. The third kappa shape index (κ3) is 32.3. The summed E-state index contributed by atoms with van der Waals surface area (Å²) >= 11 is 0. The van der Waals surface area contributed by atoms with Crippen LogP contribution < -0.4 is 29.6 Å². The Morgan fingerprint density at radius 1 is 0.159 bits per heavy atom. The van der Waals surface area contributed by atoms with Crippen molar-refractivity contribution in [2.75, 3.05) is 283 Å². The number of fused-ring (bicyclic) bond motifs is 18. The Balaban J connectivity index is 0.0000151. The first-order valence-corrected chi connectivity index (χ1v) is 50.8. The number of rotatable bonds is 16. The summed E-state index contributed by atoms with van der Waals surface area (Å²) in [5.74, 6) is 1.15. The maximum Gasteiger partial charge on any atom is 2.00 e. The van der Waals surface area contributed by atoms with E-state index in [1.165, 1.54) is 0 Å². The monoisotopic (exact) mass is 1990 g/mol. The molecule has 32 nitrogen and oxygen atoms in total. The first-order chi connectivity index (χ1) is 71.5. The van der Waals surface area contributed by atoms with Crippen molar-refractivity contribution in [3.8, 4) is 0 Å². The predicted octanol–water partition coefficient (Wildman–Crippen LogP) is 12.8. The quantitative estimate of drug-likeness (QED) is 0.0812. The molecule has 17 rings (SSSR count). The largest absolute Gasteiger partial charge is 2.00 e. The van der Waals surface area contributed by atoms with Crippen LogP contribution in [0, 0.1) is 0 Å². The maximum atomic E-state index is 6.80. The molecule has 0 atom stereocenters. The zero-order chi connectivity index (χ0) is 97.7. The number of nitrogens with zero attached hydrogens (tertiary/aromatic N) is 16. The molecule has 0 fully saturated rings. The van der Waals surface area contributed by atoms with Gasteiger partial charge in [0.1, 0.15) is 23.3 Å². The summed E-state index contributed by atoms with van der Waals surface area (Å²) in [5.41, 5.74) is 14.3. The van der Waals surface area contributed by atoms with Crippen LogP contribution in [0.25, 0.3) is 45.4 Å². The van der Waals surface area contributed by atoms with Crippen LogP contribution in [0.3, 0.4) is 0 Å². The van der Waals surface area contributed by atoms with Gasteiger partial charge in [-0.3, -0.25) is 0 Å². The van der Waals surface area contributed by atoms with E-state index in [2.05, 4.69) is 233 Å². The Kier molecular flexibility index (Phi) is 43.6. The fourth-order valence-corrected chi connectivity index (χ4v) is 18.1. The molecule has 9 heterocycles. The maximum absolute atomic E-state index is 6.80. The van der Waals surface area contributed by atoms with Crippen LogP contribution >= 0.6 is 0 Å². The minimum absolute atomic E-state index is 0. The van der Waals surface area contributed by atoms with E-state index in [4.69, 9.17) is 116 Å². The van der Waals surface area contributed by atoms with Gasteiger partial charge < -0.3 is 145 Å². The normalized spacial score (nSPS) is 18.0. The van der Waals surface area contributed by atoms with Gasteiger partial charge in [0, 0.05) is 127 Å². The minimum Gasteiger partial charge on any atom is -0.377 e. The Labute approximate surface area is 867 Å². The van der Waals surface area contributed by atoms with Gasteiger partial charge in [-0.15, -0.1) is 0 Å². The van der Waals surface area contributed by atoms with Crippen molar-refractivity contribution in [3.63, 3.8) is 0 Å². The van der Waals surface area contributed by atoms with Gasteiger partial charge in [-0.1, -0.05) is 243 Å². The van der Waals surface area contributed by atoms with E-state index in [1.807, 2.05) is 48.5 Å². The van der Waals surface area contributed by atoms with Crippen LogP contribution in [0.2, 0.25) is 0 Å². The fourth-order valence-electron chi connectivity index (χ4n) is 18.1. The first kappa shape index (κ1) is 106. The predicted molar refractivity (Wildman–Crippen MR) is 560 cm³/mol. The molecular formula is C112H136MgN16O16. The minimum atomic E-state index is 0. The van der Waals surface area contributed by atoms with E-state index in [-0.39, 0.29) is 122 Å². The molecule has 0 spiro atoms. The molecular weight excluding hydrogens is 1850 g/mol. The molecule has 11 aromatic rings. The number of hydrogen-bond acceptors (Lipinski definition) is 30. The molecule has 0 aliphatic carbocycles. The number of aromatic nitrogens is 8. The fraction of sp³-hybridized carbons (Fsp3) is 0.429. The van der Waals surface area contributed by atoms with Crippen molar-refractivity contribution in [2.45, 2.75) is 52.4 Å². The van der Waals surface area contributed by atoms with E-state index < -0.39 is 0 Å². The Morgan fingerprint density at radius 2 is 0.283 bits per heavy atom. The van der Waals surface area contributed by atoms with Gasteiger partial charge in [-0.05, 0) is 44.5 Å². The molecule has 0 unspecified atom stereocenters. The number of ether oxygens (including phenoxy) is 16. The zero-order valence-corrected chi connectivity index (χ0v) is 84.8. The van der Waals surface area contributed by atoms with Gasteiger partial charge in [0.2, 0.25) is 0 Å². The summed E-state index contributed by atoms with van der Waals surface area (Å²) in [5, 5.41) is 0. The Bertz CT molecular complexity index is 5150. The van der Waals surface area contributed by atoms with Gasteiger partial charge >= 0.3 is 23.1 Å². The third-order valence-corrected chi connectivity index (χ3v) is 25.1. The molecule has 0 amide bonds. The van der Waals surface area contributed by atoms with Crippen molar-refractivity contribution in [2.24, 2.45) is 0 Å². The summed E-state index contributed by atoms with van der Waals surface area (Å²) in [4.78, 5) is 68.9. The third-order valence-electron chi connectivity index (χ3n) is 25.1. The molecule has 0 saturated heterocycles. The second-order valence-electron chi connectivity index (χ2n) is 35.3. The number of anilines is 4. The van der Waals surface area contributed by atoms with Crippen LogP contribution in [0.1, 0.15) is 67.8 Å². The van der Waals surface area contributed by atoms with Crippen molar-refractivity contribution >= 4 is 91.2 Å². The molecule has 0 saturated carbocycles. The van der Waals surface area contributed by atoms with Crippen LogP contribution in [0.4, 0.5) is 22.7 Å². The molecule has 33 heteroatoms. The number of benzene rings is 8. The molecule has 8 aromatic carbocycles. The van der Waals surface area contributed by atoms with Crippen molar-refractivity contribution in [1.82, 2.24) is 59.5 Å². The molecule has 145 heavy (non-hydrogen) atoms. The van der Waals surface area contributed by atoms with Crippen LogP contribution in [0.5, 0.6) is 0 Å².